The van der Waals surface area contributed by atoms with Crippen LogP contribution >= 0.6 is 11.8 Å². The van der Waals surface area contributed by atoms with Crippen molar-refractivity contribution >= 4 is 17.7 Å². The second-order valence-corrected chi connectivity index (χ2v) is 8.09. The second kappa shape index (κ2) is 9.05. The van der Waals surface area contributed by atoms with E-state index in [4.69, 9.17) is 4.52 Å². The number of piperazine rings is 1. The average molecular weight is 404 g/mol. The third kappa shape index (κ3) is 4.72. The summed E-state index contributed by atoms with van der Waals surface area (Å²) < 4.78 is 5.25. The molecule has 0 spiro atoms. The number of hydrogen-bond donors (Lipinski definition) is 0. The third-order valence-corrected chi connectivity index (χ3v) is 6.01. The topological polar surface area (TPSA) is 75.4 Å². The van der Waals surface area contributed by atoms with Crippen LogP contribution in [0.2, 0.25) is 0 Å². The van der Waals surface area contributed by atoms with Crippen LogP contribution in [0.15, 0.2) is 9.68 Å². The monoisotopic (exact) mass is 403 g/mol. The fraction of sp³-hybridized carbons (Fsp3) is 0.600. The van der Waals surface area contributed by atoms with Crippen LogP contribution in [0.25, 0.3) is 0 Å². The summed E-state index contributed by atoms with van der Waals surface area (Å²) in [5.41, 5.74) is 5.18. The Balaban J connectivity index is 1.51. The predicted molar refractivity (Wildman–Crippen MR) is 109 cm³/mol. The molecule has 7 nitrogen and oxygen atoms in total. The number of aryl methyl sites for hydroxylation is 4. The van der Waals surface area contributed by atoms with Crippen LogP contribution in [0.4, 0.5) is 0 Å². The van der Waals surface area contributed by atoms with E-state index in [1.165, 1.54) is 5.56 Å². The summed E-state index contributed by atoms with van der Waals surface area (Å²) in [6.45, 7) is 12.0. The summed E-state index contributed by atoms with van der Waals surface area (Å²) in [5.74, 6) is 1.10. The first-order chi connectivity index (χ1) is 13.4. The first-order valence-electron chi connectivity index (χ1n) is 9.69. The van der Waals surface area contributed by atoms with Crippen LogP contribution in [0.5, 0.6) is 0 Å². The number of rotatable bonds is 6. The minimum Gasteiger partial charge on any atom is -0.361 e. The summed E-state index contributed by atoms with van der Waals surface area (Å²) in [4.78, 5) is 26.0. The molecule has 0 saturated carbocycles. The minimum atomic E-state index is 0.213. The Morgan fingerprint density at radius 1 is 1.00 bits per heavy atom. The van der Waals surface area contributed by atoms with Crippen molar-refractivity contribution in [3.8, 4) is 0 Å². The van der Waals surface area contributed by atoms with E-state index in [1.54, 1.807) is 11.8 Å². The fourth-order valence-electron chi connectivity index (χ4n) is 3.66. The summed E-state index contributed by atoms with van der Waals surface area (Å²) in [6.07, 6.45) is 3.18. The Morgan fingerprint density at radius 3 is 2.18 bits per heavy atom. The van der Waals surface area contributed by atoms with Gasteiger partial charge in [-0.25, -0.2) is 9.97 Å². The smallest absolute Gasteiger partial charge is 0.222 e. The van der Waals surface area contributed by atoms with Gasteiger partial charge in [-0.1, -0.05) is 16.9 Å². The number of carbonyl (C=O) groups is 1. The molecule has 1 aliphatic heterocycles. The Bertz CT molecular complexity index is 801. The zero-order valence-corrected chi connectivity index (χ0v) is 18.2. The van der Waals surface area contributed by atoms with Crippen molar-refractivity contribution in [1.82, 2.24) is 24.9 Å². The lowest BCUT2D eigenvalue weighted by Crippen LogP contribution is -2.48. The predicted octanol–water partition coefficient (Wildman–Crippen LogP) is 2.70. The normalized spacial score (nSPS) is 15.2. The van der Waals surface area contributed by atoms with Gasteiger partial charge in [0, 0.05) is 56.1 Å². The molecule has 1 saturated heterocycles. The van der Waals surface area contributed by atoms with Crippen molar-refractivity contribution in [1.29, 1.82) is 0 Å². The molecule has 3 heterocycles. The fourth-order valence-corrected chi connectivity index (χ4v) is 4.11. The molecule has 8 heteroatoms. The largest absolute Gasteiger partial charge is 0.361 e. The lowest BCUT2D eigenvalue weighted by Gasteiger charge is -2.34. The molecule has 0 aliphatic carbocycles. The SMILES string of the molecule is CSc1nc(C)c(CCC(=O)N2CCN(Cc3c(C)noc3C)CC2)c(C)n1. The highest BCUT2D eigenvalue weighted by Crippen LogP contribution is 2.19. The van der Waals surface area contributed by atoms with E-state index in [0.717, 1.165) is 66.3 Å². The Kier molecular flexibility index (Phi) is 6.72. The average Bonchev–Trinajstić information content (AvgIpc) is 2.99. The first kappa shape index (κ1) is 20.8. The van der Waals surface area contributed by atoms with Crippen molar-refractivity contribution in [2.75, 3.05) is 32.4 Å². The summed E-state index contributed by atoms with van der Waals surface area (Å²) >= 11 is 1.54. The molecule has 1 fully saturated rings. The van der Waals surface area contributed by atoms with Gasteiger partial charge in [0.15, 0.2) is 5.16 Å². The maximum absolute atomic E-state index is 12.7. The third-order valence-electron chi connectivity index (χ3n) is 5.46. The molecule has 1 amide bonds. The van der Waals surface area contributed by atoms with E-state index in [0.29, 0.717) is 12.8 Å². The van der Waals surface area contributed by atoms with E-state index >= 15 is 0 Å². The number of nitrogens with zero attached hydrogens (tertiary/aromatic N) is 5. The van der Waals surface area contributed by atoms with Crippen LogP contribution in [0.3, 0.4) is 0 Å². The quantitative estimate of drug-likeness (QED) is 0.542. The van der Waals surface area contributed by atoms with Crippen LogP contribution in [-0.4, -0.2) is 63.3 Å². The van der Waals surface area contributed by atoms with Gasteiger partial charge in [0.2, 0.25) is 5.91 Å². The highest BCUT2D eigenvalue weighted by molar-refractivity contribution is 7.98. The molecule has 2 aromatic heterocycles. The zero-order valence-electron chi connectivity index (χ0n) is 17.4. The van der Waals surface area contributed by atoms with Gasteiger partial charge >= 0.3 is 0 Å². The van der Waals surface area contributed by atoms with E-state index in [2.05, 4.69) is 20.0 Å². The molecule has 0 unspecified atom stereocenters. The van der Waals surface area contributed by atoms with Gasteiger partial charge in [0.05, 0.1) is 5.69 Å². The van der Waals surface area contributed by atoms with Gasteiger partial charge in [0.25, 0.3) is 0 Å². The lowest BCUT2D eigenvalue weighted by atomic mass is 10.1. The first-order valence-corrected chi connectivity index (χ1v) is 10.9. The van der Waals surface area contributed by atoms with Gasteiger partial charge in [-0.15, -0.1) is 0 Å². The number of aromatic nitrogens is 3. The molecule has 3 rings (SSSR count). The van der Waals surface area contributed by atoms with Gasteiger partial charge in [0.1, 0.15) is 5.76 Å². The minimum absolute atomic E-state index is 0.213. The van der Waals surface area contributed by atoms with E-state index in [-0.39, 0.29) is 5.91 Å². The van der Waals surface area contributed by atoms with Crippen molar-refractivity contribution in [2.24, 2.45) is 0 Å². The summed E-state index contributed by atoms with van der Waals surface area (Å²) in [5, 5.41) is 4.82. The molecule has 0 atom stereocenters. The van der Waals surface area contributed by atoms with Gasteiger partial charge in [-0.2, -0.15) is 0 Å². The molecule has 0 N–H and O–H groups in total. The molecule has 152 valence electrons. The summed E-state index contributed by atoms with van der Waals surface area (Å²) in [6, 6.07) is 0. The van der Waals surface area contributed by atoms with Crippen LogP contribution in [0, 0.1) is 27.7 Å². The van der Waals surface area contributed by atoms with Crippen molar-refractivity contribution in [3.05, 3.63) is 34.0 Å². The maximum Gasteiger partial charge on any atom is 0.222 e. The van der Waals surface area contributed by atoms with E-state index in [1.807, 2.05) is 38.9 Å². The zero-order chi connectivity index (χ0) is 20.3. The molecule has 28 heavy (non-hydrogen) atoms. The number of thioether (sulfide) groups is 1. The maximum atomic E-state index is 12.7. The van der Waals surface area contributed by atoms with Crippen LogP contribution < -0.4 is 0 Å². The van der Waals surface area contributed by atoms with Crippen LogP contribution in [-0.2, 0) is 17.8 Å². The molecule has 1 aliphatic rings. The van der Waals surface area contributed by atoms with Gasteiger partial charge in [-0.05, 0) is 45.9 Å². The van der Waals surface area contributed by atoms with Crippen molar-refractivity contribution in [2.45, 2.75) is 52.2 Å². The lowest BCUT2D eigenvalue weighted by molar-refractivity contribution is -0.133. The van der Waals surface area contributed by atoms with Gasteiger partial charge in [-0.3, -0.25) is 9.69 Å². The standard InChI is InChI=1S/C20H29N5O2S/c1-13-17(14(2)22-20(21-13)28-5)6-7-19(26)25-10-8-24(9-11-25)12-18-15(3)23-27-16(18)4/h6-12H2,1-5H3. The van der Waals surface area contributed by atoms with Crippen LogP contribution in [0.1, 0.15) is 40.4 Å². The molecule has 0 radical (unpaired) electrons. The molecule has 0 bridgehead atoms. The van der Waals surface area contributed by atoms with Crippen molar-refractivity contribution in [3.63, 3.8) is 0 Å². The number of amides is 1. The Hall–Kier alpha value is -1.93. The Morgan fingerprint density at radius 2 is 1.64 bits per heavy atom. The highest BCUT2D eigenvalue weighted by atomic mass is 32.2. The molecular weight excluding hydrogens is 374 g/mol. The van der Waals surface area contributed by atoms with Gasteiger partial charge < -0.3 is 9.42 Å². The molecular formula is C20H29N5O2S. The van der Waals surface area contributed by atoms with Crippen molar-refractivity contribution < 1.29 is 9.32 Å². The Labute approximate surface area is 170 Å². The highest BCUT2D eigenvalue weighted by Gasteiger charge is 2.23. The number of hydrogen-bond acceptors (Lipinski definition) is 7. The summed E-state index contributed by atoms with van der Waals surface area (Å²) in [7, 11) is 0. The second-order valence-electron chi connectivity index (χ2n) is 7.32. The molecule has 2 aromatic rings. The number of carbonyl (C=O) groups excluding carboxylic acids is 1. The van der Waals surface area contributed by atoms with E-state index < -0.39 is 0 Å². The molecule has 0 aromatic carbocycles. The van der Waals surface area contributed by atoms with E-state index in [9.17, 15) is 4.79 Å².